The molecule has 1 saturated heterocycles. The molecule has 0 saturated carbocycles. The van der Waals surface area contributed by atoms with Gasteiger partial charge in [-0.1, -0.05) is 0 Å². The summed E-state index contributed by atoms with van der Waals surface area (Å²) in [5, 5.41) is 7.46. The number of halogens is 1. The molecule has 2 aromatic rings. The van der Waals surface area contributed by atoms with Crippen LogP contribution >= 0.6 is 12.4 Å². The smallest absolute Gasteiger partial charge is 0.258 e. The summed E-state index contributed by atoms with van der Waals surface area (Å²) in [5.41, 5.74) is 2.24. The Morgan fingerprint density at radius 2 is 2.16 bits per heavy atom. The number of nitrogens with one attached hydrogen (secondary N) is 2. The lowest BCUT2D eigenvalue weighted by atomic mass is 9.96. The maximum absolute atomic E-state index is 12.0. The minimum absolute atomic E-state index is 0. The molecule has 1 aliphatic heterocycles. The van der Waals surface area contributed by atoms with Gasteiger partial charge in [-0.05, 0) is 56.8 Å². The van der Waals surface area contributed by atoms with Crippen molar-refractivity contribution in [2.45, 2.75) is 44.6 Å². The molecule has 1 atom stereocenters. The topological polar surface area (TPSA) is 63.5 Å². The second kappa shape index (κ2) is 8.11. The Kier molecular flexibility index (Phi) is 5.86. The zero-order valence-corrected chi connectivity index (χ0v) is 15.1. The van der Waals surface area contributed by atoms with E-state index in [9.17, 15) is 4.79 Å². The molecule has 0 radical (unpaired) electrons. The van der Waals surface area contributed by atoms with Gasteiger partial charge in [0.15, 0.2) is 6.61 Å². The van der Waals surface area contributed by atoms with Crippen molar-refractivity contribution in [3.05, 3.63) is 29.5 Å². The molecule has 136 valence electrons. The first-order valence-electron chi connectivity index (χ1n) is 8.97. The van der Waals surface area contributed by atoms with Gasteiger partial charge in [-0.25, -0.2) is 0 Å². The molecule has 2 N–H and O–H groups in total. The van der Waals surface area contributed by atoms with Gasteiger partial charge in [-0.2, -0.15) is 0 Å². The Hall–Kier alpha value is -1.72. The second-order valence-electron chi connectivity index (χ2n) is 6.77. The van der Waals surface area contributed by atoms with Gasteiger partial charge in [0.25, 0.3) is 5.91 Å². The number of hydrogen-bond acceptors (Lipinski definition) is 4. The van der Waals surface area contributed by atoms with Crippen LogP contribution in [0.5, 0.6) is 5.75 Å². The minimum atomic E-state index is -0.0574. The SMILES string of the molecule is Cl.O=C(COc1ccc2oc3c(c2c1)CCCC3)N[C@H]1CCCNC1. The first kappa shape index (κ1) is 18.1. The van der Waals surface area contributed by atoms with Crippen molar-refractivity contribution in [2.75, 3.05) is 19.7 Å². The van der Waals surface area contributed by atoms with E-state index in [0.29, 0.717) is 0 Å². The first-order valence-corrected chi connectivity index (χ1v) is 8.97. The number of piperidine rings is 1. The maximum atomic E-state index is 12.0. The van der Waals surface area contributed by atoms with Gasteiger partial charge < -0.3 is 19.8 Å². The molecule has 2 heterocycles. The Balaban J connectivity index is 0.00000182. The van der Waals surface area contributed by atoms with Crippen molar-refractivity contribution >= 4 is 29.3 Å². The maximum Gasteiger partial charge on any atom is 0.258 e. The summed E-state index contributed by atoms with van der Waals surface area (Å²) in [6.45, 7) is 1.94. The molecular formula is C19H25ClN2O3. The number of furan rings is 1. The van der Waals surface area contributed by atoms with Gasteiger partial charge in [0, 0.05) is 30.0 Å². The molecule has 0 unspecified atom stereocenters. The average molecular weight is 365 g/mol. The summed E-state index contributed by atoms with van der Waals surface area (Å²) < 4.78 is 11.6. The number of fused-ring (bicyclic) bond motifs is 3. The largest absolute Gasteiger partial charge is 0.484 e. The number of carbonyl (C=O) groups is 1. The zero-order chi connectivity index (χ0) is 16.4. The lowest BCUT2D eigenvalue weighted by Crippen LogP contribution is -2.46. The Morgan fingerprint density at radius 1 is 1.28 bits per heavy atom. The van der Waals surface area contributed by atoms with E-state index >= 15 is 0 Å². The van der Waals surface area contributed by atoms with Crippen molar-refractivity contribution in [3.63, 3.8) is 0 Å². The minimum Gasteiger partial charge on any atom is -0.484 e. The van der Waals surface area contributed by atoms with Crippen molar-refractivity contribution in [3.8, 4) is 5.75 Å². The standard InChI is InChI=1S/C19H24N2O3.ClH/c22-19(21-13-4-3-9-20-11-13)12-23-14-7-8-18-16(10-14)15-5-1-2-6-17(15)24-18;/h7-8,10,13,20H,1-6,9,11-12H2,(H,21,22);1H/t13-;/m0./s1. The van der Waals surface area contributed by atoms with Gasteiger partial charge in [0.05, 0.1) is 0 Å². The predicted octanol–water partition coefficient (Wildman–Crippen LogP) is 2.98. The fourth-order valence-corrected chi connectivity index (χ4v) is 3.72. The van der Waals surface area contributed by atoms with Crippen LogP contribution in [-0.2, 0) is 17.6 Å². The molecule has 5 nitrogen and oxygen atoms in total. The van der Waals surface area contributed by atoms with Gasteiger partial charge in [-0.3, -0.25) is 4.79 Å². The third kappa shape index (κ3) is 4.10. The molecule has 4 rings (SSSR count). The highest BCUT2D eigenvalue weighted by atomic mass is 35.5. The van der Waals surface area contributed by atoms with Crippen LogP contribution in [0.4, 0.5) is 0 Å². The number of aryl methyl sites for hydroxylation is 2. The highest BCUT2D eigenvalue weighted by Crippen LogP contribution is 2.33. The Labute approximate surface area is 153 Å². The molecule has 1 amide bonds. The van der Waals surface area contributed by atoms with E-state index in [-0.39, 0.29) is 31.0 Å². The number of carbonyl (C=O) groups excluding carboxylic acids is 1. The van der Waals surface area contributed by atoms with Gasteiger partial charge in [-0.15, -0.1) is 12.4 Å². The van der Waals surface area contributed by atoms with Crippen LogP contribution in [0.25, 0.3) is 11.0 Å². The molecule has 0 bridgehead atoms. The Morgan fingerprint density at radius 3 is 3.00 bits per heavy atom. The molecule has 1 aliphatic carbocycles. The summed E-state index contributed by atoms with van der Waals surface area (Å²) in [6, 6.07) is 6.06. The predicted molar refractivity (Wildman–Crippen MR) is 99.6 cm³/mol. The first-order chi connectivity index (χ1) is 11.8. The van der Waals surface area contributed by atoms with Gasteiger partial charge >= 0.3 is 0 Å². The number of ether oxygens (including phenoxy) is 1. The van der Waals surface area contributed by atoms with Crippen molar-refractivity contribution in [1.29, 1.82) is 0 Å². The molecule has 1 aromatic heterocycles. The van der Waals surface area contributed by atoms with E-state index in [4.69, 9.17) is 9.15 Å². The summed E-state index contributed by atoms with van der Waals surface area (Å²) >= 11 is 0. The van der Waals surface area contributed by atoms with Crippen LogP contribution in [0.1, 0.15) is 37.0 Å². The van der Waals surface area contributed by atoms with Crippen LogP contribution in [0.3, 0.4) is 0 Å². The molecule has 1 fully saturated rings. The number of hydrogen-bond donors (Lipinski definition) is 2. The third-order valence-electron chi connectivity index (χ3n) is 4.96. The third-order valence-corrected chi connectivity index (χ3v) is 4.96. The van der Waals surface area contributed by atoms with Crippen LogP contribution in [0.2, 0.25) is 0 Å². The van der Waals surface area contributed by atoms with E-state index in [2.05, 4.69) is 10.6 Å². The van der Waals surface area contributed by atoms with Gasteiger partial charge in [0.2, 0.25) is 0 Å². The van der Waals surface area contributed by atoms with Crippen LogP contribution in [0, 0.1) is 0 Å². The summed E-state index contributed by atoms with van der Waals surface area (Å²) in [5.74, 6) is 1.79. The van der Waals surface area contributed by atoms with E-state index in [0.717, 1.165) is 61.3 Å². The highest BCUT2D eigenvalue weighted by molar-refractivity contribution is 5.85. The number of benzene rings is 1. The Bertz CT molecular complexity index is 738. The van der Waals surface area contributed by atoms with E-state index in [1.54, 1.807) is 0 Å². The highest BCUT2D eigenvalue weighted by Gasteiger charge is 2.19. The van der Waals surface area contributed by atoms with Crippen LogP contribution in [0.15, 0.2) is 22.6 Å². The molecule has 6 heteroatoms. The van der Waals surface area contributed by atoms with E-state index in [1.807, 2.05) is 18.2 Å². The second-order valence-corrected chi connectivity index (χ2v) is 6.77. The van der Waals surface area contributed by atoms with Crippen LogP contribution < -0.4 is 15.4 Å². The number of amides is 1. The average Bonchev–Trinajstić information content (AvgIpc) is 2.99. The fourth-order valence-electron chi connectivity index (χ4n) is 3.72. The lowest BCUT2D eigenvalue weighted by molar-refractivity contribution is -0.123. The molecular weight excluding hydrogens is 340 g/mol. The zero-order valence-electron chi connectivity index (χ0n) is 14.3. The van der Waals surface area contributed by atoms with E-state index in [1.165, 1.54) is 18.4 Å². The van der Waals surface area contributed by atoms with E-state index < -0.39 is 0 Å². The summed E-state index contributed by atoms with van der Waals surface area (Å²) in [7, 11) is 0. The van der Waals surface area contributed by atoms with Crippen molar-refractivity contribution in [1.82, 2.24) is 10.6 Å². The summed E-state index contributed by atoms with van der Waals surface area (Å²) in [6.07, 6.45) is 6.65. The lowest BCUT2D eigenvalue weighted by Gasteiger charge is -2.23. The van der Waals surface area contributed by atoms with Crippen molar-refractivity contribution in [2.24, 2.45) is 0 Å². The fraction of sp³-hybridized carbons (Fsp3) is 0.526. The quantitative estimate of drug-likeness (QED) is 0.875. The van der Waals surface area contributed by atoms with Crippen LogP contribution in [-0.4, -0.2) is 31.6 Å². The van der Waals surface area contributed by atoms with Gasteiger partial charge in [0.1, 0.15) is 17.1 Å². The molecule has 0 spiro atoms. The summed E-state index contributed by atoms with van der Waals surface area (Å²) in [4.78, 5) is 12.0. The molecule has 25 heavy (non-hydrogen) atoms. The number of rotatable bonds is 4. The molecule has 2 aliphatic rings. The van der Waals surface area contributed by atoms with Crippen molar-refractivity contribution < 1.29 is 13.9 Å². The molecule has 1 aromatic carbocycles. The monoisotopic (exact) mass is 364 g/mol. The normalized spacial score (nSPS) is 19.8.